The van der Waals surface area contributed by atoms with Gasteiger partial charge in [0.15, 0.2) is 5.16 Å². The summed E-state index contributed by atoms with van der Waals surface area (Å²) < 4.78 is 5.06. The second-order valence-corrected chi connectivity index (χ2v) is 5.22. The van der Waals surface area contributed by atoms with Crippen LogP contribution in [0.1, 0.15) is 5.69 Å². The molecular weight excluding hydrogens is 288 g/mol. The molecule has 21 heavy (non-hydrogen) atoms. The Hall–Kier alpha value is -2.28. The van der Waals surface area contributed by atoms with Gasteiger partial charge in [-0.3, -0.25) is 4.79 Å². The molecule has 2 aromatic rings. The molecule has 2 rings (SSSR count). The van der Waals surface area contributed by atoms with E-state index in [-0.39, 0.29) is 11.7 Å². The SMILES string of the molecule is COc1ccc(NC(=O)CSc2nc(C)cc(N)n2)cc1. The zero-order chi connectivity index (χ0) is 15.2. The topological polar surface area (TPSA) is 90.1 Å². The molecule has 0 aliphatic rings. The molecule has 1 aromatic carbocycles. The van der Waals surface area contributed by atoms with Gasteiger partial charge < -0.3 is 15.8 Å². The summed E-state index contributed by atoms with van der Waals surface area (Å²) in [5.41, 5.74) is 7.13. The van der Waals surface area contributed by atoms with Crippen molar-refractivity contribution in [2.24, 2.45) is 0 Å². The number of rotatable bonds is 5. The lowest BCUT2D eigenvalue weighted by atomic mass is 10.3. The predicted octanol–water partition coefficient (Wildman–Crippen LogP) is 2.11. The fraction of sp³-hybridized carbons (Fsp3) is 0.214. The number of benzene rings is 1. The number of hydrogen-bond donors (Lipinski definition) is 2. The van der Waals surface area contributed by atoms with E-state index < -0.39 is 0 Å². The Labute approximate surface area is 127 Å². The van der Waals surface area contributed by atoms with E-state index in [1.165, 1.54) is 11.8 Å². The third kappa shape index (κ3) is 4.64. The molecule has 110 valence electrons. The van der Waals surface area contributed by atoms with Crippen molar-refractivity contribution >= 4 is 29.2 Å². The maximum absolute atomic E-state index is 11.9. The third-order valence-corrected chi connectivity index (χ3v) is 3.41. The summed E-state index contributed by atoms with van der Waals surface area (Å²) in [6, 6.07) is 8.81. The largest absolute Gasteiger partial charge is 0.497 e. The summed E-state index contributed by atoms with van der Waals surface area (Å²) in [6.45, 7) is 1.83. The number of hydrogen-bond acceptors (Lipinski definition) is 6. The van der Waals surface area contributed by atoms with Crippen LogP contribution in [-0.2, 0) is 4.79 Å². The number of nitrogens with one attached hydrogen (secondary N) is 1. The maximum Gasteiger partial charge on any atom is 0.234 e. The summed E-state index contributed by atoms with van der Waals surface area (Å²) in [6.07, 6.45) is 0. The monoisotopic (exact) mass is 304 g/mol. The maximum atomic E-state index is 11.9. The van der Waals surface area contributed by atoms with Gasteiger partial charge in [0.05, 0.1) is 12.9 Å². The first-order chi connectivity index (χ1) is 10.1. The second-order valence-electron chi connectivity index (χ2n) is 4.28. The Morgan fingerprint density at radius 2 is 2.05 bits per heavy atom. The van der Waals surface area contributed by atoms with E-state index in [1.54, 1.807) is 37.4 Å². The highest BCUT2D eigenvalue weighted by atomic mass is 32.2. The molecule has 0 aliphatic heterocycles. The summed E-state index contributed by atoms with van der Waals surface area (Å²) >= 11 is 1.24. The zero-order valence-electron chi connectivity index (χ0n) is 11.8. The Morgan fingerprint density at radius 3 is 2.67 bits per heavy atom. The molecule has 0 fully saturated rings. The van der Waals surface area contributed by atoms with E-state index in [0.717, 1.165) is 11.4 Å². The van der Waals surface area contributed by atoms with Crippen molar-refractivity contribution in [3.8, 4) is 5.75 Å². The van der Waals surface area contributed by atoms with Gasteiger partial charge >= 0.3 is 0 Å². The molecule has 7 heteroatoms. The highest BCUT2D eigenvalue weighted by molar-refractivity contribution is 7.99. The van der Waals surface area contributed by atoms with E-state index in [2.05, 4.69) is 15.3 Å². The van der Waals surface area contributed by atoms with Gasteiger partial charge in [-0.05, 0) is 31.2 Å². The Bertz CT molecular complexity index is 611. The number of nitrogens with two attached hydrogens (primary N) is 1. The van der Waals surface area contributed by atoms with Crippen LogP contribution in [-0.4, -0.2) is 28.7 Å². The fourth-order valence-corrected chi connectivity index (χ4v) is 2.34. The molecule has 0 spiro atoms. The third-order valence-electron chi connectivity index (χ3n) is 2.56. The minimum absolute atomic E-state index is 0.131. The van der Waals surface area contributed by atoms with Crippen LogP contribution in [0.15, 0.2) is 35.5 Å². The normalized spacial score (nSPS) is 10.2. The lowest BCUT2D eigenvalue weighted by molar-refractivity contribution is -0.113. The molecule has 6 nitrogen and oxygen atoms in total. The molecule has 1 amide bonds. The van der Waals surface area contributed by atoms with Crippen molar-refractivity contribution in [1.29, 1.82) is 0 Å². The quantitative estimate of drug-likeness (QED) is 0.649. The van der Waals surface area contributed by atoms with Crippen molar-refractivity contribution in [2.45, 2.75) is 12.1 Å². The molecule has 1 heterocycles. The number of aryl methyl sites for hydroxylation is 1. The van der Waals surface area contributed by atoms with Crippen LogP contribution >= 0.6 is 11.8 Å². The standard InChI is InChI=1S/C14H16N4O2S/c1-9-7-12(15)18-14(16-9)21-8-13(19)17-10-3-5-11(20-2)6-4-10/h3-7H,8H2,1-2H3,(H,17,19)(H2,15,16,18). The Balaban J connectivity index is 1.89. The first-order valence-corrected chi connectivity index (χ1v) is 7.23. The lowest BCUT2D eigenvalue weighted by Gasteiger charge is -2.06. The molecule has 0 radical (unpaired) electrons. The van der Waals surface area contributed by atoms with Crippen LogP contribution < -0.4 is 15.8 Å². The van der Waals surface area contributed by atoms with Gasteiger partial charge in [0.1, 0.15) is 11.6 Å². The molecule has 1 aromatic heterocycles. The highest BCUT2D eigenvalue weighted by Gasteiger charge is 2.07. The van der Waals surface area contributed by atoms with Crippen molar-refractivity contribution in [2.75, 3.05) is 23.9 Å². The van der Waals surface area contributed by atoms with E-state index in [9.17, 15) is 4.79 Å². The van der Waals surface area contributed by atoms with Gasteiger partial charge in [0.2, 0.25) is 5.91 Å². The van der Waals surface area contributed by atoms with Gasteiger partial charge in [0.25, 0.3) is 0 Å². The molecule has 0 aliphatic carbocycles. The van der Waals surface area contributed by atoms with Crippen LogP contribution in [0.3, 0.4) is 0 Å². The minimum atomic E-state index is -0.131. The number of aromatic nitrogens is 2. The van der Waals surface area contributed by atoms with Gasteiger partial charge in [0, 0.05) is 17.4 Å². The number of ether oxygens (including phenoxy) is 1. The van der Waals surface area contributed by atoms with Crippen LogP contribution in [0.25, 0.3) is 0 Å². The van der Waals surface area contributed by atoms with Crippen molar-refractivity contribution in [3.63, 3.8) is 0 Å². The Kier molecular flexibility index (Phi) is 4.99. The fourth-order valence-electron chi connectivity index (χ4n) is 1.63. The number of methoxy groups -OCH3 is 1. The molecule has 0 unspecified atom stereocenters. The lowest BCUT2D eigenvalue weighted by Crippen LogP contribution is -2.14. The van der Waals surface area contributed by atoms with Crippen LogP contribution in [0, 0.1) is 6.92 Å². The number of amides is 1. The van der Waals surface area contributed by atoms with Gasteiger partial charge in [-0.15, -0.1) is 0 Å². The Morgan fingerprint density at radius 1 is 1.33 bits per heavy atom. The average molecular weight is 304 g/mol. The zero-order valence-corrected chi connectivity index (χ0v) is 12.6. The predicted molar refractivity (Wildman–Crippen MR) is 83.5 cm³/mol. The summed E-state index contributed by atoms with van der Waals surface area (Å²) in [5, 5.41) is 3.29. The van der Waals surface area contributed by atoms with E-state index in [1.807, 2.05) is 6.92 Å². The molecule has 0 atom stereocenters. The van der Waals surface area contributed by atoms with Crippen LogP contribution in [0.2, 0.25) is 0 Å². The van der Waals surface area contributed by atoms with Gasteiger partial charge in [-0.25, -0.2) is 9.97 Å². The number of thioether (sulfide) groups is 1. The highest BCUT2D eigenvalue weighted by Crippen LogP contribution is 2.17. The number of anilines is 2. The molecular formula is C14H16N4O2S. The van der Waals surface area contributed by atoms with E-state index in [0.29, 0.717) is 16.7 Å². The van der Waals surface area contributed by atoms with Gasteiger partial charge in [-0.2, -0.15) is 0 Å². The van der Waals surface area contributed by atoms with Crippen LogP contribution in [0.5, 0.6) is 5.75 Å². The van der Waals surface area contributed by atoms with Crippen molar-refractivity contribution in [3.05, 3.63) is 36.0 Å². The number of carbonyl (C=O) groups is 1. The number of nitrogens with zero attached hydrogens (tertiary/aromatic N) is 2. The molecule has 3 N–H and O–H groups in total. The summed E-state index contributed by atoms with van der Waals surface area (Å²) in [4.78, 5) is 20.1. The first kappa shape index (κ1) is 15.1. The number of carbonyl (C=O) groups excluding carboxylic acids is 1. The van der Waals surface area contributed by atoms with E-state index >= 15 is 0 Å². The first-order valence-electron chi connectivity index (χ1n) is 6.24. The smallest absolute Gasteiger partial charge is 0.234 e. The summed E-state index contributed by atoms with van der Waals surface area (Å²) in [7, 11) is 1.60. The average Bonchev–Trinajstić information content (AvgIpc) is 2.45. The van der Waals surface area contributed by atoms with Crippen LogP contribution in [0.4, 0.5) is 11.5 Å². The van der Waals surface area contributed by atoms with Crippen molar-refractivity contribution < 1.29 is 9.53 Å². The van der Waals surface area contributed by atoms with Gasteiger partial charge in [-0.1, -0.05) is 11.8 Å². The summed E-state index contributed by atoms with van der Waals surface area (Å²) in [5.74, 6) is 1.23. The van der Waals surface area contributed by atoms with Crippen molar-refractivity contribution in [1.82, 2.24) is 9.97 Å². The van der Waals surface area contributed by atoms with E-state index in [4.69, 9.17) is 10.5 Å². The number of nitrogen functional groups attached to an aromatic ring is 1. The molecule has 0 saturated heterocycles. The molecule has 0 bridgehead atoms. The molecule has 0 saturated carbocycles. The minimum Gasteiger partial charge on any atom is -0.497 e. The second kappa shape index (κ2) is 6.94.